The van der Waals surface area contributed by atoms with Crippen LogP contribution in [0.15, 0.2) is 23.0 Å². The molecule has 0 aliphatic heterocycles. The van der Waals surface area contributed by atoms with Crippen molar-refractivity contribution in [2.45, 2.75) is 13.3 Å². The summed E-state index contributed by atoms with van der Waals surface area (Å²) in [6.45, 7) is 2.62. The highest BCUT2D eigenvalue weighted by atomic mass is 16.5. The molecule has 6 nitrogen and oxygen atoms in total. The van der Waals surface area contributed by atoms with E-state index in [-0.39, 0.29) is 5.69 Å². The zero-order valence-corrected chi connectivity index (χ0v) is 10.1. The number of H-pyrrole nitrogens is 2. The van der Waals surface area contributed by atoms with Gasteiger partial charge in [-0.3, -0.25) is 0 Å². The maximum atomic E-state index is 11.1. The number of fused-ring (bicyclic) bond motifs is 1. The van der Waals surface area contributed by atoms with E-state index in [4.69, 9.17) is 4.74 Å². The Morgan fingerprint density at radius 3 is 2.89 bits per heavy atom. The van der Waals surface area contributed by atoms with Crippen LogP contribution in [0.4, 0.5) is 4.79 Å². The van der Waals surface area contributed by atoms with Gasteiger partial charge in [0, 0.05) is 6.54 Å². The average molecular weight is 249 g/mol. The van der Waals surface area contributed by atoms with Crippen molar-refractivity contribution in [2.75, 3.05) is 13.2 Å². The van der Waals surface area contributed by atoms with Gasteiger partial charge in [-0.05, 0) is 31.0 Å². The molecule has 0 atom stereocenters. The third-order valence-electron chi connectivity index (χ3n) is 2.54. The number of rotatable bonds is 4. The molecule has 0 aliphatic carbocycles. The van der Waals surface area contributed by atoms with Crippen molar-refractivity contribution in [3.63, 3.8) is 0 Å². The van der Waals surface area contributed by atoms with Crippen molar-refractivity contribution in [1.29, 1.82) is 0 Å². The van der Waals surface area contributed by atoms with E-state index in [0.29, 0.717) is 19.6 Å². The zero-order chi connectivity index (χ0) is 13.0. The molecule has 0 aliphatic rings. The van der Waals surface area contributed by atoms with Crippen molar-refractivity contribution in [3.05, 3.63) is 34.2 Å². The number of imidazole rings is 1. The Morgan fingerprint density at radius 1 is 1.33 bits per heavy atom. The molecule has 0 saturated heterocycles. The second-order valence-corrected chi connectivity index (χ2v) is 3.86. The summed E-state index contributed by atoms with van der Waals surface area (Å²) in [4.78, 5) is 27.5. The van der Waals surface area contributed by atoms with Crippen LogP contribution in [-0.2, 0) is 11.2 Å². The fourth-order valence-corrected chi connectivity index (χ4v) is 1.73. The quantitative estimate of drug-likeness (QED) is 0.759. The van der Waals surface area contributed by atoms with Crippen LogP contribution < -0.4 is 11.0 Å². The summed E-state index contributed by atoms with van der Waals surface area (Å²) in [5.41, 5.74) is 2.37. The number of aromatic nitrogens is 2. The first-order valence-corrected chi connectivity index (χ1v) is 5.80. The van der Waals surface area contributed by atoms with Crippen LogP contribution in [0.5, 0.6) is 0 Å². The van der Waals surface area contributed by atoms with E-state index in [1.807, 2.05) is 18.2 Å². The van der Waals surface area contributed by atoms with Gasteiger partial charge in [0.25, 0.3) is 0 Å². The third-order valence-corrected chi connectivity index (χ3v) is 2.54. The number of amides is 1. The van der Waals surface area contributed by atoms with Crippen LogP contribution in [0.1, 0.15) is 12.5 Å². The Bertz CT molecular complexity index is 600. The van der Waals surface area contributed by atoms with Gasteiger partial charge in [-0.15, -0.1) is 0 Å². The lowest BCUT2D eigenvalue weighted by molar-refractivity contribution is 0.152. The Kier molecular flexibility index (Phi) is 3.66. The highest BCUT2D eigenvalue weighted by Gasteiger charge is 2.02. The molecular formula is C12H15N3O3. The Hall–Kier alpha value is -2.24. The summed E-state index contributed by atoms with van der Waals surface area (Å²) < 4.78 is 4.75. The monoisotopic (exact) mass is 249 g/mol. The molecule has 1 aromatic heterocycles. The van der Waals surface area contributed by atoms with Gasteiger partial charge in [0.05, 0.1) is 17.6 Å². The van der Waals surface area contributed by atoms with E-state index in [1.165, 1.54) is 0 Å². The van der Waals surface area contributed by atoms with E-state index in [2.05, 4.69) is 15.3 Å². The standard InChI is InChI=1S/C12H15N3O3/c1-2-18-12(17)13-6-5-8-3-4-9-10(7-8)15-11(16)14-9/h3-4,7H,2,5-6H2,1H3,(H,13,17)(H2,14,15,16). The number of alkyl carbamates (subject to hydrolysis) is 1. The first-order valence-electron chi connectivity index (χ1n) is 5.80. The van der Waals surface area contributed by atoms with Crippen LogP contribution in [0.3, 0.4) is 0 Å². The third kappa shape index (κ3) is 2.91. The van der Waals surface area contributed by atoms with Crippen molar-refractivity contribution >= 4 is 17.1 Å². The smallest absolute Gasteiger partial charge is 0.407 e. The molecular weight excluding hydrogens is 234 g/mol. The lowest BCUT2D eigenvalue weighted by Gasteiger charge is -2.05. The zero-order valence-electron chi connectivity index (χ0n) is 10.1. The molecule has 1 heterocycles. The predicted octanol–water partition coefficient (Wildman–Crippen LogP) is 1.14. The normalized spacial score (nSPS) is 10.5. The molecule has 18 heavy (non-hydrogen) atoms. The van der Waals surface area contributed by atoms with E-state index in [0.717, 1.165) is 16.6 Å². The fourth-order valence-electron chi connectivity index (χ4n) is 1.73. The predicted molar refractivity (Wildman–Crippen MR) is 67.6 cm³/mol. The second-order valence-electron chi connectivity index (χ2n) is 3.86. The van der Waals surface area contributed by atoms with Crippen LogP contribution in [0, 0.1) is 0 Å². The van der Waals surface area contributed by atoms with E-state index >= 15 is 0 Å². The number of nitrogens with one attached hydrogen (secondary N) is 3. The second kappa shape index (κ2) is 5.39. The number of hydrogen-bond acceptors (Lipinski definition) is 3. The molecule has 0 bridgehead atoms. The Labute approximate surface area is 103 Å². The van der Waals surface area contributed by atoms with E-state index in [9.17, 15) is 9.59 Å². The van der Waals surface area contributed by atoms with Gasteiger partial charge < -0.3 is 20.0 Å². The lowest BCUT2D eigenvalue weighted by atomic mass is 10.1. The molecule has 2 rings (SSSR count). The van der Waals surface area contributed by atoms with Gasteiger partial charge in [0.2, 0.25) is 0 Å². The van der Waals surface area contributed by atoms with Crippen molar-refractivity contribution in [3.8, 4) is 0 Å². The highest BCUT2D eigenvalue weighted by Crippen LogP contribution is 2.10. The van der Waals surface area contributed by atoms with Crippen molar-refractivity contribution in [2.24, 2.45) is 0 Å². The van der Waals surface area contributed by atoms with Gasteiger partial charge in [-0.25, -0.2) is 9.59 Å². The van der Waals surface area contributed by atoms with Crippen molar-refractivity contribution in [1.82, 2.24) is 15.3 Å². The van der Waals surface area contributed by atoms with Crippen LogP contribution in [0.25, 0.3) is 11.0 Å². The molecule has 0 unspecified atom stereocenters. The van der Waals surface area contributed by atoms with Gasteiger partial charge in [-0.2, -0.15) is 0 Å². The van der Waals surface area contributed by atoms with Gasteiger partial charge in [-0.1, -0.05) is 6.07 Å². The number of hydrogen-bond donors (Lipinski definition) is 3. The number of benzene rings is 1. The minimum absolute atomic E-state index is 0.216. The Balaban J connectivity index is 1.95. The molecule has 1 amide bonds. The summed E-state index contributed by atoms with van der Waals surface area (Å²) in [6, 6.07) is 5.64. The summed E-state index contributed by atoms with van der Waals surface area (Å²) in [6.07, 6.45) is 0.274. The largest absolute Gasteiger partial charge is 0.450 e. The minimum atomic E-state index is -0.409. The number of ether oxygens (including phenoxy) is 1. The first-order chi connectivity index (χ1) is 8.69. The molecule has 6 heteroatoms. The molecule has 0 spiro atoms. The van der Waals surface area contributed by atoms with Gasteiger partial charge in [0.1, 0.15) is 0 Å². The number of carbonyl (C=O) groups is 1. The van der Waals surface area contributed by atoms with Crippen LogP contribution in [0.2, 0.25) is 0 Å². The maximum absolute atomic E-state index is 11.1. The fraction of sp³-hybridized carbons (Fsp3) is 0.333. The topological polar surface area (TPSA) is 87.0 Å². The van der Waals surface area contributed by atoms with E-state index < -0.39 is 6.09 Å². The highest BCUT2D eigenvalue weighted by molar-refractivity contribution is 5.75. The SMILES string of the molecule is CCOC(=O)NCCc1ccc2[nH]c(=O)[nH]c2c1. The minimum Gasteiger partial charge on any atom is -0.450 e. The van der Waals surface area contributed by atoms with Crippen LogP contribution >= 0.6 is 0 Å². The lowest BCUT2D eigenvalue weighted by Crippen LogP contribution is -2.26. The molecule has 96 valence electrons. The maximum Gasteiger partial charge on any atom is 0.407 e. The molecule has 0 radical (unpaired) electrons. The number of carbonyl (C=O) groups excluding carboxylic acids is 1. The van der Waals surface area contributed by atoms with Gasteiger partial charge in [0.15, 0.2) is 0 Å². The summed E-state index contributed by atoms with van der Waals surface area (Å²) in [5.74, 6) is 0. The van der Waals surface area contributed by atoms with Crippen molar-refractivity contribution < 1.29 is 9.53 Å². The summed E-state index contributed by atoms with van der Waals surface area (Å²) in [5, 5.41) is 2.64. The number of aromatic amines is 2. The average Bonchev–Trinajstić information content (AvgIpc) is 2.69. The van der Waals surface area contributed by atoms with E-state index in [1.54, 1.807) is 6.92 Å². The summed E-state index contributed by atoms with van der Waals surface area (Å²) in [7, 11) is 0. The van der Waals surface area contributed by atoms with Crippen LogP contribution in [-0.4, -0.2) is 29.2 Å². The molecule has 3 N–H and O–H groups in total. The molecule has 2 aromatic rings. The first kappa shape index (κ1) is 12.2. The summed E-state index contributed by atoms with van der Waals surface area (Å²) >= 11 is 0. The Morgan fingerprint density at radius 2 is 2.11 bits per heavy atom. The van der Waals surface area contributed by atoms with Gasteiger partial charge >= 0.3 is 11.8 Å². The molecule has 0 fully saturated rings. The molecule has 1 aromatic carbocycles. The molecule has 0 saturated carbocycles.